The zero-order valence-electron chi connectivity index (χ0n) is 27.7. The molecule has 3 aliphatic rings. The van der Waals surface area contributed by atoms with E-state index in [1.165, 1.54) is 0 Å². The fourth-order valence-electron chi connectivity index (χ4n) is 6.83. The molecule has 3 aliphatic heterocycles. The number of anilines is 2. The highest BCUT2D eigenvalue weighted by atomic mass is 35.5. The van der Waals surface area contributed by atoms with Gasteiger partial charge >= 0.3 is 12.1 Å². The van der Waals surface area contributed by atoms with Gasteiger partial charge in [-0.25, -0.2) is 20.1 Å². The van der Waals surface area contributed by atoms with Gasteiger partial charge in [-0.15, -0.1) is 0 Å². The molecule has 4 heterocycles. The number of halogens is 3. The first-order valence-electron chi connectivity index (χ1n) is 16.5. The van der Waals surface area contributed by atoms with E-state index in [2.05, 4.69) is 20.7 Å². The van der Waals surface area contributed by atoms with E-state index in [0.29, 0.717) is 69.5 Å². The Morgan fingerprint density at radius 1 is 1.10 bits per heavy atom. The van der Waals surface area contributed by atoms with Gasteiger partial charge in [0.1, 0.15) is 24.1 Å². The zero-order valence-corrected chi connectivity index (χ0v) is 28.5. The van der Waals surface area contributed by atoms with Crippen molar-refractivity contribution in [3.05, 3.63) is 64.1 Å². The normalized spacial score (nSPS) is 19.9. The summed E-state index contributed by atoms with van der Waals surface area (Å²) in [6, 6.07) is 11.8. The Kier molecular flexibility index (Phi) is 9.81. The lowest BCUT2D eigenvalue weighted by Gasteiger charge is -2.41. The number of rotatable bonds is 7. The minimum absolute atomic E-state index is 0.0876. The van der Waals surface area contributed by atoms with Gasteiger partial charge in [-0.05, 0) is 57.7 Å². The Morgan fingerprint density at radius 3 is 2.65 bits per heavy atom. The SMILES string of the molecule is [C-]#[N+]C[C@H]1CN(c2nc(OCCN3CCCC(F)(F)C3)nc3c2CCN(c2cccc4cccc(Cl)c24)C3)CCN1C(=O)OC(C)(C)C. The van der Waals surface area contributed by atoms with Crippen LogP contribution in [0.15, 0.2) is 36.4 Å². The largest absolute Gasteiger partial charge is 0.462 e. The van der Waals surface area contributed by atoms with Crippen molar-refractivity contribution < 1.29 is 23.0 Å². The van der Waals surface area contributed by atoms with Gasteiger partial charge in [0.2, 0.25) is 6.54 Å². The third kappa shape index (κ3) is 7.68. The fraction of sp³-hybridized carbons (Fsp3) is 0.543. The molecule has 3 aromatic rings. The van der Waals surface area contributed by atoms with E-state index >= 15 is 0 Å². The van der Waals surface area contributed by atoms with Crippen molar-refractivity contribution in [1.82, 2.24) is 19.8 Å². The minimum Gasteiger partial charge on any atom is -0.462 e. The molecule has 2 aromatic carbocycles. The summed E-state index contributed by atoms with van der Waals surface area (Å²) in [4.78, 5) is 34.2. The Hall–Kier alpha value is -3.95. The van der Waals surface area contributed by atoms with Crippen LogP contribution in [0.1, 0.15) is 44.9 Å². The number of hydrogen-bond acceptors (Lipinski definition) is 8. The van der Waals surface area contributed by atoms with Gasteiger partial charge < -0.3 is 24.1 Å². The maximum atomic E-state index is 14.0. The fourth-order valence-corrected chi connectivity index (χ4v) is 7.11. The third-order valence-corrected chi connectivity index (χ3v) is 9.33. The summed E-state index contributed by atoms with van der Waals surface area (Å²) in [7, 11) is 0. The van der Waals surface area contributed by atoms with Gasteiger partial charge in [-0.1, -0.05) is 35.9 Å². The molecule has 48 heavy (non-hydrogen) atoms. The number of ether oxygens (including phenoxy) is 2. The molecule has 1 aromatic heterocycles. The highest BCUT2D eigenvalue weighted by Crippen LogP contribution is 2.37. The molecule has 0 radical (unpaired) electrons. The first-order chi connectivity index (χ1) is 22.9. The van der Waals surface area contributed by atoms with Crippen LogP contribution in [0.2, 0.25) is 5.02 Å². The highest BCUT2D eigenvalue weighted by molar-refractivity contribution is 6.36. The summed E-state index contributed by atoms with van der Waals surface area (Å²) in [6.07, 6.45) is 0.586. The van der Waals surface area contributed by atoms with Crippen LogP contribution in [0.3, 0.4) is 0 Å². The number of benzene rings is 2. The molecule has 13 heteroatoms. The maximum Gasteiger partial charge on any atom is 0.410 e. The smallest absolute Gasteiger partial charge is 0.410 e. The molecule has 1 atom stereocenters. The van der Waals surface area contributed by atoms with E-state index < -0.39 is 17.6 Å². The second-order valence-electron chi connectivity index (χ2n) is 13.7. The molecule has 0 spiro atoms. The molecule has 6 rings (SSSR count). The standard InChI is InChI=1S/C35H42ClF2N7O3/c1-34(2,3)48-33(46)45-17-16-44(21-25(45)20-39-4)31-26-12-15-43(29-11-6-9-24-8-5-10-27(36)30(24)29)22-28(26)40-32(41-31)47-19-18-42-14-7-13-35(37,38)23-42/h5-6,8-11,25H,7,12-23H2,1-3H3/t25-/m0/s1. The number of aromatic nitrogens is 2. The molecule has 10 nitrogen and oxygen atoms in total. The van der Waals surface area contributed by atoms with Crippen LogP contribution in [0.5, 0.6) is 6.01 Å². The van der Waals surface area contributed by atoms with Crippen LogP contribution >= 0.6 is 11.6 Å². The average Bonchev–Trinajstić information content (AvgIpc) is 3.03. The Labute approximate surface area is 285 Å². The highest BCUT2D eigenvalue weighted by Gasteiger charge is 2.38. The van der Waals surface area contributed by atoms with E-state index in [4.69, 9.17) is 37.6 Å². The van der Waals surface area contributed by atoms with Crippen LogP contribution in [0, 0.1) is 6.57 Å². The molecule has 2 fully saturated rings. The van der Waals surface area contributed by atoms with E-state index in [1.807, 2.05) is 51.1 Å². The lowest BCUT2D eigenvalue weighted by Crippen LogP contribution is -2.57. The number of carbonyl (C=O) groups is 1. The van der Waals surface area contributed by atoms with Gasteiger partial charge in [-0.3, -0.25) is 9.80 Å². The Bertz CT molecular complexity index is 1690. The van der Waals surface area contributed by atoms with Crippen LogP contribution in [0.4, 0.5) is 25.1 Å². The number of piperidine rings is 1. The molecule has 0 unspecified atom stereocenters. The second-order valence-corrected chi connectivity index (χ2v) is 14.1. The molecule has 0 bridgehead atoms. The molecule has 1 amide bonds. The number of carbonyl (C=O) groups excluding carboxylic acids is 1. The second kappa shape index (κ2) is 13.9. The third-order valence-electron chi connectivity index (χ3n) is 9.02. The van der Waals surface area contributed by atoms with Crippen molar-refractivity contribution in [2.75, 3.05) is 68.8 Å². The van der Waals surface area contributed by atoms with Gasteiger partial charge in [0.15, 0.2) is 0 Å². The van der Waals surface area contributed by atoms with Gasteiger partial charge in [0.05, 0.1) is 23.8 Å². The van der Waals surface area contributed by atoms with E-state index in [0.717, 1.165) is 27.7 Å². The van der Waals surface area contributed by atoms with Crippen molar-refractivity contribution in [3.63, 3.8) is 0 Å². The molecule has 0 saturated carbocycles. The monoisotopic (exact) mass is 681 g/mol. The number of fused-ring (bicyclic) bond motifs is 2. The lowest BCUT2D eigenvalue weighted by atomic mass is 10.0. The number of hydrogen-bond donors (Lipinski definition) is 0. The predicted molar refractivity (Wildman–Crippen MR) is 182 cm³/mol. The summed E-state index contributed by atoms with van der Waals surface area (Å²) >= 11 is 6.69. The lowest BCUT2D eigenvalue weighted by molar-refractivity contribution is -0.0658. The van der Waals surface area contributed by atoms with Crippen molar-refractivity contribution in [1.29, 1.82) is 0 Å². The van der Waals surface area contributed by atoms with Crippen LogP contribution in [-0.4, -0.2) is 102 Å². The predicted octanol–water partition coefficient (Wildman–Crippen LogP) is 6.30. The molecule has 2 saturated heterocycles. The average molecular weight is 682 g/mol. The van der Waals surface area contributed by atoms with Crippen LogP contribution in [-0.2, 0) is 17.7 Å². The van der Waals surface area contributed by atoms with Crippen molar-refractivity contribution in [2.24, 2.45) is 0 Å². The summed E-state index contributed by atoms with van der Waals surface area (Å²) in [5.41, 5.74) is 2.17. The molecular weight excluding hydrogens is 640 g/mol. The summed E-state index contributed by atoms with van der Waals surface area (Å²) in [6.45, 7) is 16.5. The van der Waals surface area contributed by atoms with E-state index in [9.17, 15) is 13.6 Å². The number of piperazine rings is 1. The van der Waals surface area contributed by atoms with E-state index in [-0.39, 0.29) is 38.2 Å². The van der Waals surface area contributed by atoms with Gasteiger partial charge in [0, 0.05) is 55.8 Å². The Balaban J connectivity index is 1.28. The van der Waals surface area contributed by atoms with Crippen molar-refractivity contribution >= 4 is 40.0 Å². The first kappa shape index (κ1) is 33.9. The summed E-state index contributed by atoms with van der Waals surface area (Å²) < 4.78 is 39.8. The van der Waals surface area contributed by atoms with Gasteiger partial charge in [-0.2, -0.15) is 9.97 Å². The van der Waals surface area contributed by atoms with Crippen molar-refractivity contribution in [2.45, 2.75) is 64.1 Å². The Morgan fingerprint density at radius 2 is 1.90 bits per heavy atom. The molecule has 0 N–H and O–H groups in total. The van der Waals surface area contributed by atoms with Crippen LogP contribution in [0.25, 0.3) is 15.6 Å². The molecule has 256 valence electrons. The summed E-state index contributed by atoms with van der Waals surface area (Å²) in [5, 5.41) is 2.71. The number of nitrogens with zero attached hydrogens (tertiary/aromatic N) is 7. The maximum absolute atomic E-state index is 14.0. The van der Waals surface area contributed by atoms with Gasteiger partial charge in [0.25, 0.3) is 5.92 Å². The quantitative estimate of drug-likeness (QED) is 0.269. The minimum atomic E-state index is -2.69. The number of alkyl halides is 2. The molecular formula is C35H42ClF2N7O3. The number of amides is 1. The topological polar surface area (TPSA) is 78.6 Å². The summed E-state index contributed by atoms with van der Waals surface area (Å²) in [5.74, 6) is -1.97. The molecule has 0 aliphatic carbocycles. The zero-order chi connectivity index (χ0) is 34.1. The van der Waals surface area contributed by atoms with E-state index in [1.54, 1.807) is 9.80 Å². The first-order valence-corrected chi connectivity index (χ1v) is 16.9. The number of likely N-dealkylation sites (tertiary alicyclic amines) is 1. The van der Waals surface area contributed by atoms with Crippen molar-refractivity contribution in [3.8, 4) is 6.01 Å². The van der Waals surface area contributed by atoms with Crippen LogP contribution < -0.4 is 14.5 Å².